The molecule has 7 heteroatoms. The quantitative estimate of drug-likeness (QED) is 0.127. The van der Waals surface area contributed by atoms with Gasteiger partial charge in [-0.2, -0.15) is 18.2 Å². The molecule has 4 aromatic heterocycles. The summed E-state index contributed by atoms with van der Waals surface area (Å²) in [5.74, 6) is 1.99. The number of rotatable bonds is 5. The average molecular weight is 1010 g/mol. The van der Waals surface area contributed by atoms with Gasteiger partial charge in [-0.25, -0.2) is 4.98 Å². The maximum atomic E-state index is 6.63. The molecule has 0 fully saturated rings. The van der Waals surface area contributed by atoms with Gasteiger partial charge in [-0.1, -0.05) is 142 Å². The molecule has 0 unspecified atom stereocenters. The monoisotopic (exact) mass is 1000 g/mol. The molecule has 0 bridgehead atoms. The molecular formula is C57H39N5OPt-2. The van der Waals surface area contributed by atoms with E-state index in [9.17, 15) is 0 Å². The average Bonchev–Trinajstić information content (AvgIpc) is 3.87. The number of benzene rings is 7. The second kappa shape index (κ2) is 15.4. The number of nitrogens with zero attached hydrogens (tertiary/aromatic N) is 5. The first-order chi connectivity index (χ1) is 30.9. The number of aromatic nitrogens is 5. The van der Waals surface area contributed by atoms with Crippen LogP contribution in [-0.4, -0.2) is 19.1 Å². The molecule has 0 saturated carbocycles. The van der Waals surface area contributed by atoms with Gasteiger partial charge >= 0.3 is 0 Å². The van der Waals surface area contributed by atoms with Crippen molar-refractivity contribution in [3.05, 3.63) is 206 Å². The molecule has 0 spiro atoms. The second-order valence-corrected chi connectivity index (χ2v) is 17.0. The van der Waals surface area contributed by atoms with Gasteiger partial charge in [-0.15, -0.1) is 29.7 Å². The van der Waals surface area contributed by atoms with Crippen molar-refractivity contribution >= 4 is 32.8 Å². The van der Waals surface area contributed by atoms with Crippen LogP contribution < -0.4 is 9.30 Å². The van der Waals surface area contributed by atoms with Crippen molar-refractivity contribution in [2.75, 3.05) is 0 Å². The molecule has 0 N–H and O–H groups in total. The van der Waals surface area contributed by atoms with Gasteiger partial charge in [0.2, 0.25) is 0 Å². The van der Waals surface area contributed by atoms with Gasteiger partial charge in [-0.05, 0) is 74.1 Å². The van der Waals surface area contributed by atoms with Crippen LogP contribution in [0.5, 0.6) is 11.5 Å². The summed E-state index contributed by atoms with van der Waals surface area (Å²) >= 11 is 0. The first kappa shape index (κ1) is 39.4. The van der Waals surface area contributed by atoms with Crippen LogP contribution in [-0.2, 0) is 26.5 Å². The van der Waals surface area contributed by atoms with E-state index in [-0.39, 0.29) is 26.5 Å². The van der Waals surface area contributed by atoms with Crippen molar-refractivity contribution in [3.63, 3.8) is 0 Å². The fourth-order valence-corrected chi connectivity index (χ4v) is 9.26. The SMILES string of the molecule is CC(C)(C)c1ccnc(-n2c3[c-]c(Oc4[c-]c(-n5[c-][n+](-c6ccnc7c6-c6ccccc6-c6ccccc6-c6ccccc6-7)c6ccccc65)ccc4)ccc3c3ccccc32)c1.[Pt]. The Morgan fingerprint density at radius 1 is 0.547 bits per heavy atom. The molecule has 4 heterocycles. The molecule has 11 aromatic rings. The Morgan fingerprint density at radius 3 is 1.94 bits per heavy atom. The largest absolute Gasteiger partial charge is 0.510 e. The van der Waals surface area contributed by atoms with E-state index in [2.05, 4.69) is 199 Å². The summed E-state index contributed by atoms with van der Waals surface area (Å²) in [6.45, 7) is 6.67. The van der Waals surface area contributed by atoms with Gasteiger partial charge in [0.25, 0.3) is 6.33 Å². The van der Waals surface area contributed by atoms with E-state index in [1.807, 2.05) is 36.7 Å². The summed E-state index contributed by atoms with van der Waals surface area (Å²) in [5.41, 5.74) is 15.7. The Labute approximate surface area is 386 Å². The maximum Gasteiger partial charge on any atom is 0.268 e. The number of hydrogen-bond donors (Lipinski definition) is 0. The Bertz CT molecular complexity index is 3610. The summed E-state index contributed by atoms with van der Waals surface area (Å²) in [7, 11) is 0. The summed E-state index contributed by atoms with van der Waals surface area (Å²) in [4.78, 5) is 9.97. The molecule has 0 atom stereocenters. The zero-order valence-corrected chi connectivity index (χ0v) is 37.6. The van der Waals surface area contributed by atoms with Crippen LogP contribution in [0.4, 0.5) is 0 Å². The third-order valence-electron chi connectivity index (χ3n) is 12.2. The maximum absolute atomic E-state index is 6.63. The summed E-state index contributed by atoms with van der Waals surface area (Å²) in [6.07, 6.45) is 7.56. The molecular weight excluding hydrogens is 966 g/mol. The third kappa shape index (κ3) is 6.40. The van der Waals surface area contributed by atoms with Crippen molar-refractivity contribution in [1.29, 1.82) is 0 Å². The number of hydrogen-bond acceptors (Lipinski definition) is 3. The van der Waals surface area contributed by atoms with E-state index in [0.29, 0.717) is 11.5 Å². The minimum atomic E-state index is -0.0296. The van der Waals surface area contributed by atoms with Crippen molar-refractivity contribution in [2.45, 2.75) is 26.2 Å². The van der Waals surface area contributed by atoms with Gasteiger partial charge in [0, 0.05) is 61.6 Å². The van der Waals surface area contributed by atoms with Gasteiger partial charge in [-0.3, -0.25) is 9.55 Å². The molecule has 6 nitrogen and oxygen atoms in total. The minimum Gasteiger partial charge on any atom is -0.510 e. The van der Waals surface area contributed by atoms with Crippen LogP contribution in [0.3, 0.4) is 0 Å². The van der Waals surface area contributed by atoms with Gasteiger partial charge < -0.3 is 13.9 Å². The number of para-hydroxylation sites is 3. The Morgan fingerprint density at radius 2 is 1.17 bits per heavy atom. The molecule has 0 amide bonds. The van der Waals surface area contributed by atoms with E-state index in [0.717, 1.165) is 83.5 Å². The topological polar surface area (TPSA) is 48.8 Å². The molecule has 12 rings (SSSR count). The van der Waals surface area contributed by atoms with E-state index in [1.54, 1.807) is 0 Å². The van der Waals surface area contributed by atoms with Crippen LogP contribution in [0, 0.1) is 18.5 Å². The number of ether oxygens (including phenoxy) is 1. The summed E-state index contributed by atoms with van der Waals surface area (Å²) in [6, 6.07) is 66.4. The second-order valence-electron chi connectivity index (χ2n) is 17.0. The minimum absolute atomic E-state index is 0. The van der Waals surface area contributed by atoms with Crippen LogP contribution >= 0.6 is 0 Å². The first-order valence-corrected chi connectivity index (χ1v) is 21.2. The smallest absolute Gasteiger partial charge is 0.268 e. The first-order valence-electron chi connectivity index (χ1n) is 21.2. The van der Waals surface area contributed by atoms with Gasteiger partial charge in [0.15, 0.2) is 0 Å². The van der Waals surface area contributed by atoms with E-state index < -0.39 is 0 Å². The fourth-order valence-electron chi connectivity index (χ4n) is 9.26. The normalized spacial score (nSPS) is 11.9. The predicted octanol–water partition coefficient (Wildman–Crippen LogP) is 13.3. The number of fused-ring (bicyclic) bond motifs is 12. The van der Waals surface area contributed by atoms with Crippen LogP contribution in [0.15, 0.2) is 182 Å². The van der Waals surface area contributed by atoms with E-state index in [4.69, 9.17) is 14.7 Å². The zero-order valence-electron chi connectivity index (χ0n) is 35.3. The van der Waals surface area contributed by atoms with E-state index >= 15 is 0 Å². The standard InChI is InChI=1S/C57H39N5O.Pt/c1-57(2,3)37-29-31-58-54(33-37)62-49-24-11-10-21-45(49)46-28-27-40(35-53(46)62)63-39-16-14-15-38(34-39)60-36-61(51-26-13-12-25-50(51)60)52-30-32-59-56-48-23-9-7-20-44(48)42-18-5-4-17-41(42)43-19-6-8-22-47(43)55(52)56;/h4-33H,1-3H3;/q-2;. The van der Waals surface area contributed by atoms with Crippen LogP contribution in [0.25, 0.3) is 94.7 Å². The molecule has 0 saturated heterocycles. The van der Waals surface area contributed by atoms with E-state index in [1.165, 1.54) is 16.7 Å². The Balaban J connectivity index is 0.00000456. The molecule has 7 aromatic carbocycles. The van der Waals surface area contributed by atoms with Crippen molar-refractivity contribution < 1.29 is 30.4 Å². The summed E-state index contributed by atoms with van der Waals surface area (Å²) < 4.78 is 13.0. The van der Waals surface area contributed by atoms with Gasteiger partial charge in [0.1, 0.15) is 5.82 Å². The third-order valence-corrected chi connectivity index (χ3v) is 12.2. The fraction of sp³-hybridized carbons (Fsp3) is 0.0702. The summed E-state index contributed by atoms with van der Waals surface area (Å²) in [5, 5.41) is 2.21. The number of imidazole rings is 1. The zero-order chi connectivity index (χ0) is 42.2. The molecule has 0 aliphatic heterocycles. The van der Waals surface area contributed by atoms with Gasteiger partial charge in [0.05, 0.1) is 22.4 Å². The Kier molecular flexibility index (Phi) is 9.52. The molecule has 0 radical (unpaired) electrons. The van der Waals surface area contributed by atoms with Crippen molar-refractivity contribution in [1.82, 2.24) is 19.1 Å². The molecule has 310 valence electrons. The molecule has 64 heavy (non-hydrogen) atoms. The van der Waals surface area contributed by atoms with Crippen LogP contribution in [0.1, 0.15) is 26.3 Å². The molecule has 1 aliphatic rings. The van der Waals surface area contributed by atoms with Crippen molar-refractivity contribution in [3.8, 4) is 73.3 Å². The van der Waals surface area contributed by atoms with Crippen LogP contribution in [0.2, 0.25) is 0 Å². The predicted molar refractivity (Wildman–Crippen MR) is 252 cm³/mol. The Hall–Kier alpha value is -7.40. The number of pyridine rings is 2. The molecule has 1 aliphatic carbocycles. The van der Waals surface area contributed by atoms with Crippen molar-refractivity contribution in [2.24, 2.45) is 0 Å².